The molecule has 2 aliphatic carbocycles. The van der Waals surface area contributed by atoms with E-state index in [9.17, 15) is 14.4 Å². The number of hydrogen-bond acceptors (Lipinski definition) is 6. The Kier molecular flexibility index (Phi) is 21.8. The van der Waals surface area contributed by atoms with Gasteiger partial charge in [0.25, 0.3) is 0 Å². The predicted octanol–water partition coefficient (Wildman–Crippen LogP) is 8.80. The first-order valence-corrected chi connectivity index (χ1v) is 19.9. The number of fused-ring (bicyclic) bond motifs is 1. The van der Waals surface area contributed by atoms with E-state index in [1.807, 2.05) is 34.8 Å². The van der Waals surface area contributed by atoms with Crippen LogP contribution in [-0.2, 0) is 19.1 Å². The van der Waals surface area contributed by atoms with Crippen LogP contribution in [0.1, 0.15) is 122 Å². The smallest absolute Gasteiger partial charge is 0.243 e. The minimum absolute atomic E-state index is 0.0170. The molecule has 0 aromatic heterocycles. The zero-order valence-electron chi connectivity index (χ0n) is 36.4. The van der Waals surface area contributed by atoms with Crippen LogP contribution in [0, 0.1) is 40.4 Å². The number of carbonyl (C=O) groups is 3. The Morgan fingerprint density at radius 2 is 1.60 bits per heavy atom. The number of piperidine rings is 1. The number of nitrogens with zero attached hydrogens (tertiary/aromatic N) is 1. The lowest BCUT2D eigenvalue weighted by Gasteiger charge is -2.37. The van der Waals surface area contributed by atoms with Gasteiger partial charge in [-0.25, -0.2) is 0 Å². The SMILES string of the molecule is C=C.C=C(C)CC.C=C(N)C(=O)C(CC1CC1)NC(=O)C1[C@@H]2[C@H](CN1C(=O)C(NC)C(C)(C)C)C2(C)C.CC/C=C\C=C(/C)CC(OC)C(C)C(C)C. The molecule has 1 aliphatic heterocycles. The van der Waals surface area contributed by atoms with Gasteiger partial charge in [0.15, 0.2) is 5.78 Å². The van der Waals surface area contributed by atoms with E-state index in [1.54, 1.807) is 11.9 Å². The molecule has 7 atom stereocenters. The maximum absolute atomic E-state index is 13.4. The van der Waals surface area contributed by atoms with Gasteiger partial charge in [0.05, 0.1) is 23.9 Å². The first-order valence-electron chi connectivity index (χ1n) is 19.9. The fourth-order valence-electron chi connectivity index (χ4n) is 6.97. The van der Waals surface area contributed by atoms with Crippen LogP contribution < -0.4 is 16.4 Å². The van der Waals surface area contributed by atoms with Crippen LogP contribution in [0.5, 0.6) is 0 Å². The molecule has 1 heterocycles. The van der Waals surface area contributed by atoms with E-state index in [0.29, 0.717) is 42.7 Å². The highest BCUT2D eigenvalue weighted by Gasteiger charge is 2.69. The zero-order chi connectivity index (χ0) is 41.4. The van der Waals surface area contributed by atoms with Crippen molar-refractivity contribution in [2.45, 2.75) is 146 Å². The summed E-state index contributed by atoms with van der Waals surface area (Å²) in [6, 6.07) is -1.61. The number of hydrogen-bond donors (Lipinski definition) is 3. The molecule has 3 aliphatic rings. The summed E-state index contributed by atoms with van der Waals surface area (Å²) < 4.78 is 5.59. The van der Waals surface area contributed by atoms with Crippen LogP contribution in [0.4, 0.5) is 0 Å². The normalized spacial score (nSPS) is 22.4. The second-order valence-corrected chi connectivity index (χ2v) is 17.3. The molecule has 3 fully saturated rings. The Balaban J connectivity index is 0.000000988. The van der Waals surface area contributed by atoms with Gasteiger partial charge < -0.3 is 26.0 Å². The maximum atomic E-state index is 13.4. The molecule has 0 aromatic rings. The van der Waals surface area contributed by atoms with Crippen LogP contribution in [0.25, 0.3) is 0 Å². The number of likely N-dealkylation sites (N-methyl/N-ethyl adjacent to an activating group) is 1. The highest BCUT2D eigenvalue weighted by Crippen LogP contribution is 2.65. The molecule has 0 spiro atoms. The number of likely N-dealkylation sites (tertiary alicyclic amines) is 1. The maximum Gasteiger partial charge on any atom is 0.243 e. The van der Waals surface area contributed by atoms with Crippen molar-refractivity contribution in [3.8, 4) is 0 Å². The zero-order valence-corrected chi connectivity index (χ0v) is 36.4. The minimum Gasteiger partial charge on any atom is -0.396 e. The third kappa shape index (κ3) is 15.7. The van der Waals surface area contributed by atoms with Crippen molar-refractivity contribution in [1.82, 2.24) is 15.5 Å². The van der Waals surface area contributed by atoms with Gasteiger partial charge in [0.1, 0.15) is 6.04 Å². The van der Waals surface area contributed by atoms with Crippen molar-refractivity contribution in [2.75, 3.05) is 20.7 Å². The number of nitrogens with two attached hydrogens (primary N) is 1. The molecule has 8 nitrogen and oxygen atoms in total. The number of carbonyl (C=O) groups excluding carboxylic acids is 3. The third-order valence-corrected chi connectivity index (χ3v) is 11.2. The quantitative estimate of drug-likeness (QED) is 0.0829. The van der Waals surface area contributed by atoms with Crippen LogP contribution in [0.3, 0.4) is 0 Å². The summed E-state index contributed by atoms with van der Waals surface area (Å²) in [6.07, 6.45) is 12.8. The van der Waals surface area contributed by atoms with Crippen LogP contribution in [0.2, 0.25) is 0 Å². The van der Waals surface area contributed by atoms with Crippen molar-refractivity contribution in [1.29, 1.82) is 0 Å². The highest BCUT2D eigenvalue weighted by atomic mass is 16.5. The third-order valence-electron chi connectivity index (χ3n) is 11.2. The summed E-state index contributed by atoms with van der Waals surface area (Å²) in [6.45, 7) is 39.4. The summed E-state index contributed by atoms with van der Waals surface area (Å²) >= 11 is 0. The van der Waals surface area contributed by atoms with Gasteiger partial charge in [-0.15, -0.1) is 19.7 Å². The van der Waals surface area contributed by atoms with Crippen LogP contribution in [0.15, 0.2) is 61.4 Å². The number of Topliss-reactive ketones (excluding diaryl/α,β-unsaturated/α-hetero) is 1. The average Bonchev–Trinajstić information content (AvgIpc) is 3.94. The molecule has 8 heteroatoms. The van der Waals surface area contributed by atoms with Crippen LogP contribution in [-0.4, -0.2) is 67.4 Å². The largest absolute Gasteiger partial charge is 0.396 e. The van der Waals surface area contributed by atoms with E-state index in [1.165, 1.54) is 11.1 Å². The number of methoxy groups -OCH3 is 1. The molecule has 0 radical (unpaired) electrons. The molecule has 3 rings (SSSR count). The number of rotatable bonds is 16. The second-order valence-electron chi connectivity index (χ2n) is 17.3. The lowest BCUT2D eigenvalue weighted by atomic mass is 9.85. The van der Waals surface area contributed by atoms with Crippen molar-refractivity contribution >= 4 is 17.6 Å². The number of nitrogens with one attached hydrogen (secondary N) is 2. The highest BCUT2D eigenvalue weighted by molar-refractivity contribution is 6.01. The van der Waals surface area contributed by atoms with E-state index < -0.39 is 12.1 Å². The standard InChI is InChI=1S/C23H38N4O3.C15H28O.C5H10.C2H4/c1-12(24)18(28)15(10-13-8-9-13)26-20(29)17-16-14(23(16,5)6)11-27(17)21(30)19(25-7)22(2,3)4;1-7-8-9-10-13(4)11-15(16-6)14(5)12(2)3;1-4-5(2)3;1-2/h13-17,19,25H,1,8-11,24H2,2-7H3,(H,26,29);8-10,12,14-15H,7,11H2,1-6H3;2,4H2,1,3H3;1-2H2/b;9-8-,13-10+;;/t14-,15?,16-,17?,19?;;;/m0.../s1. The molecule has 0 aromatic carbocycles. The Morgan fingerprint density at radius 1 is 1.06 bits per heavy atom. The van der Waals surface area contributed by atoms with Gasteiger partial charge >= 0.3 is 0 Å². The Morgan fingerprint density at radius 3 is 2.00 bits per heavy atom. The summed E-state index contributed by atoms with van der Waals surface area (Å²) in [5, 5.41) is 6.07. The fourth-order valence-corrected chi connectivity index (χ4v) is 6.97. The number of ketones is 1. The number of ether oxygens (including phenoxy) is 1. The van der Waals surface area contributed by atoms with E-state index in [0.717, 1.165) is 32.1 Å². The van der Waals surface area contributed by atoms with Gasteiger partial charge in [-0.1, -0.05) is 118 Å². The van der Waals surface area contributed by atoms with Crippen LogP contribution >= 0.6 is 0 Å². The number of amides is 2. The molecule has 1 saturated heterocycles. The lowest BCUT2D eigenvalue weighted by molar-refractivity contribution is -0.144. The van der Waals surface area contributed by atoms with Gasteiger partial charge in [-0.2, -0.15) is 0 Å². The Bertz CT molecular complexity index is 1260. The summed E-state index contributed by atoms with van der Waals surface area (Å²) in [4.78, 5) is 41.1. The van der Waals surface area contributed by atoms with Gasteiger partial charge in [0, 0.05) is 13.7 Å². The molecule has 2 saturated carbocycles. The molecule has 0 bridgehead atoms. The molecule has 53 heavy (non-hydrogen) atoms. The van der Waals surface area contributed by atoms with Crippen molar-refractivity contribution in [2.24, 2.45) is 46.2 Å². The van der Waals surface area contributed by atoms with Crippen molar-refractivity contribution in [3.05, 3.63) is 61.4 Å². The Hall–Kier alpha value is -2.97. The van der Waals surface area contributed by atoms with Crippen molar-refractivity contribution in [3.63, 3.8) is 0 Å². The fraction of sp³-hybridized carbons (Fsp3) is 0.711. The topological polar surface area (TPSA) is 114 Å². The van der Waals surface area contributed by atoms with E-state index in [4.69, 9.17) is 10.5 Å². The first kappa shape index (κ1) is 50.0. The first-order chi connectivity index (χ1) is 24.6. The molecule has 4 N–H and O–H groups in total. The monoisotopic (exact) mass is 741 g/mol. The summed E-state index contributed by atoms with van der Waals surface area (Å²) in [7, 11) is 3.60. The predicted molar refractivity (Wildman–Crippen MR) is 225 cm³/mol. The molecular formula is C45H80N4O4. The van der Waals surface area contributed by atoms with E-state index >= 15 is 0 Å². The van der Waals surface area contributed by atoms with E-state index in [2.05, 4.69) is 111 Å². The van der Waals surface area contributed by atoms with E-state index in [-0.39, 0.29) is 46.1 Å². The Labute approximate surface area is 325 Å². The van der Waals surface area contributed by atoms with Gasteiger partial charge in [0.2, 0.25) is 11.8 Å². The molecule has 2 amide bonds. The molecule has 304 valence electrons. The molecule has 5 unspecified atom stereocenters. The lowest BCUT2D eigenvalue weighted by Crippen LogP contribution is -2.59. The number of allylic oxidation sites excluding steroid dienone is 4. The summed E-state index contributed by atoms with van der Waals surface area (Å²) in [5.41, 5.74) is 8.00. The summed E-state index contributed by atoms with van der Waals surface area (Å²) in [5.74, 6) is 1.51. The van der Waals surface area contributed by atoms with Crippen molar-refractivity contribution < 1.29 is 19.1 Å². The average molecular weight is 741 g/mol. The minimum atomic E-state index is -0.664. The molecular weight excluding hydrogens is 661 g/mol. The van der Waals surface area contributed by atoms with Gasteiger partial charge in [-0.05, 0) is 87.0 Å². The van der Waals surface area contributed by atoms with Gasteiger partial charge in [-0.3, -0.25) is 14.4 Å². The second kappa shape index (κ2) is 23.1.